The van der Waals surface area contributed by atoms with Gasteiger partial charge in [-0.15, -0.1) is 0 Å². The first-order chi connectivity index (χ1) is 22.9. The van der Waals surface area contributed by atoms with E-state index in [1.54, 1.807) is 20.8 Å². The number of hydrogen-bond donors (Lipinski definition) is 2. The van der Waals surface area contributed by atoms with Gasteiger partial charge in [-0.1, -0.05) is 85.6 Å². The third kappa shape index (κ3) is 5.20. The Morgan fingerprint density at radius 1 is 0.939 bits per heavy atom. The van der Waals surface area contributed by atoms with Crippen LogP contribution in [0.15, 0.2) is 30.3 Å². The van der Waals surface area contributed by atoms with E-state index in [-0.39, 0.29) is 36.0 Å². The molecular formula is C42H52O7. The molecule has 262 valence electrons. The molecule has 4 aliphatic carbocycles. The average molecular weight is 669 g/mol. The summed E-state index contributed by atoms with van der Waals surface area (Å²) in [6.07, 6.45) is 6.30. The van der Waals surface area contributed by atoms with Crippen molar-refractivity contribution in [3.8, 4) is 16.9 Å². The summed E-state index contributed by atoms with van der Waals surface area (Å²) < 4.78 is 0. The van der Waals surface area contributed by atoms with Gasteiger partial charge in [0.1, 0.15) is 17.5 Å². The standard InChI is InChI=1S/C42H52O7/c1-21(2)28-18-29(27-15-13-26(14-16-27)17-25-11-9-23(5)10-12-25)35(44)32-30(28)19-40(7)20-41(8)33(22(3)4)36(45)31(24(6)43)38(47)42(41,49)39(48)34(40)37(32)46/h13-16,18,21-23,25,31,33-34,44,49H,9-12,17,19-20H2,1-8H3/t23?,25?,31?,33?,34?,40-,41-,42+/m1/s1. The molecule has 2 aromatic rings. The summed E-state index contributed by atoms with van der Waals surface area (Å²) >= 11 is 0. The highest BCUT2D eigenvalue weighted by molar-refractivity contribution is 6.32. The fourth-order valence-electron chi connectivity index (χ4n) is 10.7. The van der Waals surface area contributed by atoms with Crippen molar-refractivity contribution in [1.29, 1.82) is 0 Å². The molecule has 7 heteroatoms. The highest BCUT2D eigenvalue weighted by Crippen LogP contribution is 2.64. The number of hydrogen-bond acceptors (Lipinski definition) is 7. The van der Waals surface area contributed by atoms with Crippen LogP contribution in [0.1, 0.15) is 120 Å². The summed E-state index contributed by atoms with van der Waals surface area (Å²) in [5.41, 5.74) is -1.16. The molecule has 3 fully saturated rings. The maximum Gasteiger partial charge on any atom is 0.190 e. The number of carbonyl (C=O) groups is 5. The predicted molar refractivity (Wildman–Crippen MR) is 187 cm³/mol. The molecule has 6 rings (SSSR count). The molecule has 7 nitrogen and oxygen atoms in total. The van der Waals surface area contributed by atoms with E-state index >= 15 is 0 Å². The molecule has 0 saturated heterocycles. The fourth-order valence-corrected chi connectivity index (χ4v) is 10.7. The highest BCUT2D eigenvalue weighted by Gasteiger charge is 2.76. The van der Waals surface area contributed by atoms with Gasteiger partial charge >= 0.3 is 0 Å². The van der Waals surface area contributed by atoms with Crippen LogP contribution in [0.4, 0.5) is 0 Å². The van der Waals surface area contributed by atoms with E-state index in [1.807, 2.05) is 39.0 Å². The monoisotopic (exact) mass is 668 g/mol. The lowest BCUT2D eigenvalue weighted by Crippen LogP contribution is -2.76. The Balaban J connectivity index is 1.44. The van der Waals surface area contributed by atoms with Crippen LogP contribution in [0.5, 0.6) is 5.75 Å². The Morgan fingerprint density at radius 2 is 1.55 bits per heavy atom. The second-order valence-corrected chi connectivity index (χ2v) is 17.2. The first-order valence-electron chi connectivity index (χ1n) is 18.2. The van der Waals surface area contributed by atoms with Crippen molar-refractivity contribution in [2.24, 2.45) is 46.3 Å². The van der Waals surface area contributed by atoms with Crippen LogP contribution < -0.4 is 0 Å². The van der Waals surface area contributed by atoms with Crippen molar-refractivity contribution in [2.75, 3.05) is 0 Å². The van der Waals surface area contributed by atoms with Crippen LogP contribution in [-0.2, 0) is 32.0 Å². The van der Waals surface area contributed by atoms with Gasteiger partial charge in [-0.05, 0) is 96.4 Å². The third-order valence-electron chi connectivity index (χ3n) is 13.0. The van der Waals surface area contributed by atoms with Crippen LogP contribution in [0.3, 0.4) is 0 Å². The molecule has 0 heterocycles. The number of fused-ring (bicyclic) bond motifs is 3. The normalized spacial score (nSPS) is 34.6. The van der Waals surface area contributed by atoms with E-state index in [1.165, 1.54) is 31.2 Å². The van der Waals surface area contributed by atoms with Crippen molar-refractivity contribution in [3.05, 3.63) is 52.6 Å². The number of aliphatic hydroxyl groups is 1. The lowest BCUT2D eigenvalue weighted by atomic mass is 9.39. The smallest absolute Gasteiger partial charge is 0.190 e. The lowest BCUT2D eigenvalue weighted by Gasteiger charge is -2.62. The van der Waals surface area contributed by atoms with Crippen molar-refractivity contribution in [1.82, 2.24) is 0 Å². The molecule has 4 aliphatic rings. The molecule has 0 aromatic heterocycles. The minimum Gasteiger partial charge on any atom is -0.507 e. The zero-order valence-corrected chi connectivity index (χ0v) is 30.3. The van der Waals surface area contributed by atoms with Gasteiger partial charge in [-0.2, -0.15) is 0 Å². The maximum absolute atomic E-state index is 14.7. The minimum absolute atomic E-state index is 0.0154. The predicted octanol–water partition coefficient (Wildman–Crippen LogP) is 7.25. The van der Waals surface area contributed by atoms with Gasteiger partial charge < -0.3 is 10.2 Å². The van der Waals surface area contributed by atoms with Gasteiger partial charge in [0.05, 0.1) is 11.5 Å². The second kappa shape index (κ2) is 12.1. The molecule has 0 amide bonds. The first kappa shape index (κ1) is 35.4. The van der Waals surface area contributed by atoms with Crippen molar-refractivity contribution < 1.29 is 34.2 Å². The molecule has 0 aliphatic heterocycles. The first-order valence-corrected chi connectivity index (χ1v) is 18.2. The average Bonchev–Trinajstić information content (AvgIpc) is 3.00. The molecule has 0 bridgehead atoms. The van der Waals surface area contributed by atoms with E-state index in [0.717, 1.165) is 30.4 Å². The zero-order valence-electron chi connectivity index (χ0n) is 30.3. The summed E-state index contributed by atoms with van der Waals surface area (Å²) in [6, 6.07) is 10.1. The summed E-state index contributed by atoms with van der Waals surface area (Å²) in [6.45, 7) is 14.5. The van der Waals surface area contributed by atoms with E-state index < -0.39 is 63.1 Å². The van der Waals surface area contributed by atoms with Gasteiger partial charge in [0.15, 0.2) is 28.7 Å². The highest BCUT2D eigenvalue weighted by atomic mass is 16.3. The number of carbonyl (C=O) groups excluding carboxylic acids is 5. The van der Waals surface area contributed by atoms with Gasteiger partial charge in [-0.3, -0.25) is 24.0 Å². The third-order valence-corrected chi connectivity index (χ3v) is 13.0. The van der Waals surface area contributed by atoms with Gasteiger partial charge in [0, 0.05) is 16.9 Å². The second-order valence-electron chi connectivity index (χ2n) is 17.2. The van der Waals surface area contributed by atoms with Crippen LogP contribution in [0, 0.1) is 46.3 Å². The van der Waals surface area contributed by atoms with E-state index in [4.69, 9.17) is 0 Å². The summed E-state index contributed by atoms with van der Waals surface area (Å²) in [4.78, 5) is 69.9. The zero-order chi connectivity index (χ0) is 36.0. The fraction of sp³-hybridized carbons (Fsp3) is 0.595. The topological polar surface area (TPSA) is 126 Å². The molecule has 0 radical (unpaired) electrons. The molecule has 2 aromatic carbocycles. The number of phenols is 1. The quantitative estimate of drug-likeness (QED) is 0.311. The number of ketones is 5. The SMILES string of the molecule is CC(=O)C1C(=O)C(C(C)C)[C@@]2(C)C[C@@]3(C)Cc4c(C(C)C)cc(-c5ccc(CC6CCC(C)CC6)cc5)c(O)c4C(=O)C3C(=O)[C@@]2(O)C1=O. The number of aromatic hydroxyl groups is 1. The Hall–Kier alpha value is -3.45. The maximum atomic E-state index is 14.7. The summed E-state index contributed by atoms with van der Waals surface area (Å²) in [7, 11) is 0. The molecule has 2 N–H and O–H groups in total. The summed E-state index contributed by atoms with van der Waals surface area (Å²) in [5, 5.41) is 24.2. The minimum atomic E-state index is -2.70. The number of phenolic OH excluding ortho intramolecular Hbond substituents is 1. The Bertz CT molecular complexity index is 1740. The Kier molecular flexibility index (Phi) is 8.74. The molecule has 49 heavy (non-hydrogen) atoms. The lowest BCUT2D eigenvalue weighted by molar-refractivity contribution is -0.205. The number of Topliss-reactive ketones (excluding diaryl/α,β-unsaturated/α-hetero) is 5. The molecule has 0 spiro atoms. The molecule has 3 unspecified atom stereocenters. The Labute approximate surface area is 290 Å². The van der Waals surface area contributed by atoms with Crippen LogP contribution in [0.2, 0.25) is 0 Å². The van der Waals surface area contributed by atoms with E-state index in [0.29, 0.717) is 17.0 Å². The Morgan fingerprint density at radius 3 is 2.10 bits per heavy atom. The molecule has 3 saturated carbocycles. The van der Waals surface area contributed by atoms with Crippen molar-refractivity contribution in [3.63, 3.8) is 0 Å². The summed E-state index contributed by atoms with van der Waals surface area (Å²) in [5.74, 6) is -7.30. The van der Waals surface area contributed by atoms with Crippen molar-refractivity contribution >= 4 is 28.9 Å². The number of benzene rings is 2. The van der Waals surface area contributed by atoms with Gasteiger partial charge in [0.25, 0.3) is 0 Å². The molecule has 6 atom stereocenters. The van der Waals surface area contributed by atoms with Gasteiger partial charge in [-0.25, -0.2) is 0 Å². The van der Waals surface area contributed by atoms with Crippen molar-refractivity contribution in [2.45, 2.75) is 112 Å². The van der Waals surface area contributed by atoms with E-state index in [9.17, 15) is 34.2 Å². The van der Waals surface area contributed by atoms with Crippen LogP contribution >= 0.6 is 0 Å². The van der Waals surface area contributed by atoms with E-state index in [2.05, 4.69) is 19.1 Å². The molecular weight excluding hydrogens is 616 g/mol. The van der Waals surface area contributed by atoms with Crippen LogP contribution in [-0.4, -0.2) is 44.7 Å². The van der Waals surface area contributed by atoms with Crippen LogP contribution in [0.25, 0.3) is 11.1 Å². The largest absolute Gasteiger partial charge is 0.507 e. The van der Waals surface area contributed by atoms with Gasteiger partial charge in [0.2, 0.25) is 0 Å². The number of rotatable bonds is 6.